The third-order valence-corrected chi connectivity index (χ3v) is 2.47. The van der Waals surface area contributed by atoms with Crippen molar-refractivity contribution in [2.24, 2.45) is 5.73 Å². The Labute approximate surface area is 104 Å². The minimum Gasteiger partial charge on any atom is -0.385 e. The molecule has 1 unspecified atom stereocenters. The van der Waals surface area contributed by atoms with Crippen LogP contribution in [0.2, 0.25) is 5.02 Å². The number of carbonyl (C=O) groups excluding carboxylic acids is 1. The van der Waals surface area contributed by atoms with Crippen molar-refractivity contribution in [2.45, 2.75) is 12.5 Å². The van der Waals surface area contributed by atoms with E-state index in [2.05, 4.69) is 5.32 Å². The van der Waals surface area contributed by atoms with Crippen LogP contribution in [0.25, 0.3) is 0 Å². The van der Waals surface area contributed by atoms with Gasteiger partial charge in [-0.05, 0) is 18.6 Å². The molecular formula is C11H14ClFN2O2. The average Bonchev–Trinajstić information content (AvgIpc) is 2.31. The molecule has 1 amide bonds. The van der Waals surface area contributed by atoms with Crippen molar-refractivity contribution >= 4 is 23.2 Å². The summed E-state index contributed by atoms with van der Waals surface area (Å²) < 4.78 is 18.3. The highest BCUT2D eigenvalue weighted by Gasteiger charge is 2.15. The van der Waals surface area contributed by atoms with Gasteiger partial charge in [-0.15, -0.1) is 0 Å². The van der Waals surface area contributed by atoms with E-state index in [4.69, 9.17) is 22.1 Å². The Bertz CT molecular complexity index is 401. The molecule has 0 aliphatic rings. The topological polar surface area (TPSA) is 64.3 Å². The second kappa shape index (κ2) is 6.54. The normalized spacial score (nSPS) is 12.2. The molecule has 0 saturated carbocycles. The maximum Gasteiger partial charge on any atom is 0.241 e. The lowest BCUT2D eigenvalue weighted by Crippen LogP contribution is -2.36. The van der Waals surface area contributed by atoms with Crippen molar-refractivity contribution < 1.29 is 13.9 Å². The van der Waals surface area contributed by atoms with Gasteiger partial charge in [0.2, 0.25) is 5.91 Å². The van der Waals surface area contributed by atoms with E-state index in [9.17, 15) is 9.18 Å². The Morgan fingerprint density at radius 2 is 2.35 bits per heavy atom. The molecule has 0 heterocycles. The molecular weight excluding hydrogens is 247 g/mol. The van der Waals surface area contributed by atoms with Crippen molar-refractivity contribution in [3.8, 4) is 0 Å². The first-order valence-corrected chi connectivity index (χ1v) is 5.43. The maximum atomic E-state index is 13.5. The standard InChI is InChI=1S/C11H14ClFN2O2/c1-17-6-5-8(14)11(16)15-9-4-2-3-7(12)10(9)13/h2-4,8H,5-6,14H2,1H3,(H,15,16). The van der Waals surface area contributed by atoms with Gasteiger partial charge in [0.1, 0.15) is 0 Å². The quantitative estimate of drug-likeness (QED) is 0.848. The number of nitrogens with one attached hydrogen (secondary N) is 1. The Kier molecular flexibility index (Phi) is 5.34. The fourth-order valence-corrected chi connectivity index (χ4v) is 1.38. The van der Waals surface area contributed by atoms with Gasteiger partial charge >= 0.3 is 0 Å². The Balaban J connectivity index is 2.64. The van der Waals surface area contributed by atoms with E-state index in [0.29, 0.717) is 13.0 Å². The van der Waals surface area contributed by atoms with Crippen LogP contribution in [0.1, 0.15) is 6.42 Å². The molecule has 0 radical (unpaired) electrons. The van der Waals surface area contributed by atoms with Gasteiger partial charge in [-0.2, -0.15) is 0 Å². The van der Waals surface area contributed by atoms with Gasteiger partial charge in [0.25, 0.3) is 0 Å². The summed E-state index contributed by atoms with van der Waals surface area (Å²) in [5.74, 6) is -1.13. The van der Waals surface area contributed by atoms with Gasteiger partial charge in [0.05, 0.1) is 16.8 Å². The summed E-state index contributed by atoms with van der Waals surface area (Å²) >= 11 is 5.58. The van der Waals surface area contributed by atoms with Crippen LogP contribution in [-0.4, -0.2) is 25.7 Å². The fraction of sp³-hybridized carbons (Fsp3) is 0.364. The van der Waals surface area contributed by atoms with Crippen molar-refractivity contribution in [1.29, 1.82) is 0 Å². The summed E-state index contributed by atoms with van der Waals surface area (Å²) in [6.45, 7) is 0.368. The monoisotopic (exact) mass is 260 g/mol. The number of methoxy groups -OCH3 is 1. The van der Waals surface area contributed by atoms with Gasteiger partial charge in [-0.25, -0.2) is 4.39 Å². The SMILES string of the molecule is COCCC(N)C(=O)Nc1cccc(Cl)c1F. The highest BCUT2D eigenvalue weighted by molar-refractivity contribution is 6.31. The molecule has 17 heavy (non-hydrogen) atoms. The lowest BCUT2D eigenvalue weighted by molar-refractivity contribution is -0.117. The molecule has 1 aromatic rings. The molecule has 1 atom stereocenters. The molecule has 0 aliphatic carbocycles. The molecule has 6 heteroatoms. The number of anilines is 1. The molecule has 0 bridgehead atoms. The molecule has 4 nitrogen and oxygen atoms in total. The highest BCUT2D eigenvalue weighted by atomic mass is 35.5. The van der Waals surface area contributed by atoms with E-state index < -0.39 is 17.8 Å². The number of hydrogen-bond donors (Lipinski definition) is 2. The minimum absolute atomic E-state index is 0.0235. The van der Waals surface area contributed by atoms with E-state index in [0.717, 1.165) is 0 Å². The number of halogens is 2. The third-order valence-electron chi connectivity index (χ3n) is 2.18. The zero-order valence-corrected chi connectivity index (χ0v) is 10.1. The van der Waals surface area contributed by atoms with Crippen LogP contribution in [0.15, 0.2) is 18.2 Å². The zero-order valence-electron chi connectivity index (χ0n) is 9.37. The van der Waals surface area contributed by atoms with Crippen LogP contribution >= 0.6 is 11.6 Å². The Hall–Kier alpha value is -1.17. The van der Waals surface area contributed by atoms with Gasteiger partial charge in [-0.3, -0.25) is 4.79 Å². The van der Waals surface area contributed by atoms with Gasteiger partial charge in [0.15, 0.2) is 5.82 Å². The number of carbonyl (C=O) groups is 1. The second-order valence-corrected chi connectivity index (χ2v) is 3.89. The first-order valence-electron chi connectivity index (χ1n) is 5.05. The second-order valence-electron chi connectivity index (χ2n) is 3.48. The number of rotatable bonds is 5. The smallest absolute Gasteiger partial charge is 0.241 e. The molecule has 1 aromatic carbocycles. The Morgan fingerprint density at radius 1 is 1.65 bits per heavy atom. The van der Waals surface area contributed by atoms with Crippen LogP contribution in [0, 0.1) is 5.82 Å². The van der Waals surface area contributed by atoms with Crippen LogP contribution in [0.5, 0.6) is 0 Å². The summed E-state index contributed by atoms with van der Waals surface area (Å²) in [4.78, 5) is 11.6. The van der Waals surface area contributed by atoms with E-state index >= 15 is 0 Å². The lowest BCUT2D eigenvalue weighted by Gasteiger charge is -2.12. The largest absolute Gasteiger partial charge is 0.385 e. The van der Waals surface area contributed by atoms with Crippen LogP contribution in [0.3, 0.4) is 0 Å². The molecule has 0 saturated heterocycles. The van der Waals surface area contributed by atoms with Crippen molar-refractivity contribution in [2.75, 3.05) is 19.0 Å². The molecule has 94 valence electrons. The van der Waals surface area contributed by atoms with Gasteiger partial charge < -0.3 is 15.8 Å². The van der Waals surface area contributed by atoms with Crippen molar-refractivity contribution in [3.05, 3.63) is 29.0 Å². The first-order chi connectivity index (χ1) is 8.06. The summed E-state index contributed by atoms with van der Waals surface area (Å²) in [7, 11) is 1.52. The highest BCUT2D eigenvalue weighted by Crippen LogP contribution is 2.21. The summed E-state index contributed by atoms with van der Waals surface area (Å²) in [6, 6.07) is 3.62. The van der Waals surface area contributed by atoms with E-state index in [1.54, 1.807) is 6.07 Å². The Morgan fingerprint density at radius 3 is 3.00 bits per heavy atom. The van der Waals surface area contributed by atoms with Gasteiger partial charge in [0, 0.05) is 13.7 Å². The maximum absolute atomic E-state index is 13.5. The van der Waals surface area contributed by atoms with Crippen LogP contribution in [0.4, 0.5) is 10.1 Å². The van der Waals surface area contributed by atoms with Gasteiger partial charge in [-0.1, -0.05) is 17.7 Å². The van der Waals surface area contributed by atoms with E-state index in [1.807, 2.05) is 0 Å². The lowest BCUT2D eigenvalue weighted by atomic mass is 10.2. The predicted molar refractivity (Wildman–Crippen MR) is 64.5 cm³/mol. The van der Waals surface area contributed by atoms with Crippen LogP contribution in [-0.2, 0) is 9.53 Å². The third kappa shape index (κ3) is 3.96. The zero-order chi connectivity index (χ0) is 12.8. The summed E-state index contributed by atoms with van der Waals surface area (Å²) in [6.07, 6.45) is 0.366. The summed E-state index contributed by atoms with van der Waals surface area (Å²) in [5.41, 5.74) is 5.62. The first kappa shape index (κ1) is 13.9. The fourth-order valence-electron chi connectivity index (χ4n) is 1.20. The van der Waals surface area contributed by atoms with E-state index in [-0.39, 0.29) is 10.7 Å². The van der Waals surface area contributed by atoms with E-state index in [1.165, 1.54) is 19.2 Å². The molecule has 0 fully saturated rings. The van der Waals surface area contributed by atoms with Crippen molar-refractivity contribution in [3.63, 3.8) is 0 Å². The number of hydrogen-bond acceptors (Lipinski definition) is 3. The molecule has 1 rings (SSSR count). The number of amides is 1. The molecule has 0 aliphatic heterocycles. The van der Waals surface area contributed by atoms with Crippen LogP contribution < -0.4 is 11.1 Å². The molecule has 0 spiro atoms. The number of benzene rings is 1. The summed E-state index contributed by atoms with van der Waals surface area (Å²) in [5, 5.41) is 2.33. The minimum atomic E-state index is -0.742. The predicted octanol–water partition coefficient (Wildman–Crippen LogP) is 1.78. The average molecular weight is 261 g/mol. The molecule has 3 N–H and O–H groups in total. The van der Waals surface area contributed by atoms with Crippen molar-refractivity contribution in [1.82, 2.24) is 0 Å². The molecule has 0 aromatic heterocycles. The number of ether oxygens (including phenoxy) is 1. The number of nitrogens with two attached hydrogens (primary N) is 1.